The molecule has 0 saturated carbocycles. The van der Waals surface area contributed by atoms with E-state index >= 15 is 0 Å². The number of carbonyl (C=O) groups excluding carboxylic acids is 3. The topological polar surface area (TPSA) is 76.6 Å². The number of aryl methyl sites for hydroxylation is 1. The van der Waals surface area contributed by atoms with Crippen LogP contribution in [0.25, 0.3) is 10.6 Å². The van der Waals surface area contributed by atoms with Crippen LogP contribution < -0.4 is 0 Å². The lowest BCUT2D eigenvalue weighted by atomic mass is 10.1. The summed E-state index contributed by atoms with van der Waals surface area (Å²) >= 11 is 7.34. The summed E-state index contributed by atoms with van der Waals surface area (Å²) in [6, 6.07) is 12.4. The maximum absolute atomic E-state index is 12.4. The number of rotatable bonds is 6. The molecule has 3 aromatic rings. The van der Waals surface area contributed by atoms with Gasteiger partial charge in [-0.25, -0.2) is 4.98 Å². The van der Waals surface area contributed by atoms with Crippen LogP contribution in [0.5, 0.6) is 0 Å². The summed E-state index contributed by atoms with van der Waals surface area (Å²) in [6.07, 6.45) is -0.0708. The maximum atomic E-state index is 12.4. The molecule has 1 aliphatic rings. The van der Waals surface area contributed by atoms with Crippen molar-refractivity contribution in [3.05, 3.63) is 75.3 Å². The summed E-state index contributed by atoms with van der Waals surface area (Å²) in [6.45, 7) is 1.87. The van der Waals surface area contributed by atoms with Crippen molar-refractivity contribution in [3.8, 4) is 10.6 Å². The number of halogens is 1. The van der Waals surface area contributed by atoms with Gasteiger partial charge >= 0.3 is 5.97 Å². The van der Waals surface area contributed by atoms with E-state index in [1.54, 1.807) is 30.3 Å². The van der Waals surface area contributed by atoms with Crippen LogP contribution in [0.15, 0.2) is 47.8 Å². The first-order valence-electron chi connectivity index (χ1n) is 9.25. The fourth-order valence-electron chi connectivity index (χ4n) is 3.14. The number of carbonyl (C=O) groups is 3. The molecular weight excluding hydrogens is 424 g/mol. The Labute approximate surface area is 182 Å². The van der Waals surface area contributed by atoms with Crippen LogP contribution in [0.4, 0.5) is 0 Å². The smallest absolute Gasteiger partial charge is 0.307 e. The first kappa shape index (κ1) is 20.3. The number of thiazole rings is 1. The highest BCUT2D eigenvalue weighted by atomic mass is 35.5. The van der Waals surface area contributed by atoms with Gasteiger partial charge in [0, 0.05) is 22.5 Å². The molecule has 0 fully saturated rings. The molecule has 0 unspecified atom stereocenters. The molecule has 0 N–H and O–H groups in total. The minimum Gasteiger partial charge on any atom is -0.459 e. The highest BCUT2D eigenvalue weighted by Crippen LogP contribution is 2.26. The van der Waals surface area contributed by atoms with Gasteiger partial charge in [0.15, 0.2) is 0 Å². The summed E-state index contributed by atoms with van der Waals surface area (Å²) in [5, 5.41) is 3.28. The lowest BCUT2D eigenvalue weighted by molar-refractivity contribution is -0.145. The highest BCUT2D eigenvalue weighted by molar-refractivity contribution is 7.13. The number of esters is 1. The van der Waals surface area contributed by atoms with Crippen LogP contribution >= 0.6 is 22.9 Å². The third-order valence-electron chi connectivity index (χ3n) is 4.69. The molecule has 1 aliphatic heterocycles. The number of hydrogen-bond donors (Lipinski definition) is 0. The van der Waals surface area contributed by atoms with Gasteiger partial charge in [-0.05, 0) is 31.2 Å². The molecule has 152 valence electrons. The van der Waals surface area contributed by atoms with Crippen LogP contribution in [0, 0.1) is 6.92 Å². The van der Waals surface area contributed by atoms with Crippen molar-refractivity contribution in [2.75, 3.05) is 6.54 Å². The predicted octanol–water partition coefficient (Wildman–Crippen LogP) is 4.50. The van der Waals surface area contributed by atoms with Gasteiger partial charge in [0.25, 0.3) is 11.8 Å². The van der Waals surface area contributed by atoms with E-state index in [1.807, 2.05) is 24.4 Å². The molecule has 0 radical (unpaired) electrons. The van der Waals surface area contributed by atoms with Crippen molar-refractivity contribution in [2.24, 2.45) is 0 Å². The van der Waals surface area contributed by atoms with Gasteiger partial charge in [0.1, 0.15) is 11.6 Å². The molecule has 2 amide bonds. The molecule has 2 heterocycles. The number of nitrogens with zero attached hydrogens (tertiary/aromatic N) is 2. The second-order valence-corrected chi connectivity index (χ2v) is 8.17. The zero-order valence-electron chi connectivity index (χ0n) is 16.1. The van der Waals surface area contributed by atoms with Crippen molar-refractivity contribution >= 4 is 40.7 Å². The van der Waals surface area contributed by atoms with Crippen LogP contribution in [0.3, 0.4) is 0 Å². The van der Waals surface area contributed by atoms with Crippen molar-refractivity contribution in [2.45, 2.75) is 20.0 Å². The van der Waals surface area contributed by atoms with Gasteiger partial charge in [-0.2, -0.15) is 0 Å². The summed E-state index contributed by atoms with van der Waals surface area (Å²) in [4.78, 5) is 42.5. The number of imide groups is 1. The molecule has 1 aromatic heterocycles. The maximum Gasteiger partial charge on any atom is 0.307 e. The quantitative estimate of drug-likeness (QED) is 0.416. The summed E-state index contributed by atoms with van der Waals surface area (Å²) in [5.74, 6) is -1.25. The van der Waals surface area contributed by atoms with Gasteiger partial charge in [-0.1, -0.05) is 35.4 Å². The lowest BCUT2D eigenvalue weighted by Crippen LogP contribution is -2.32. The van der Waals surface area contributed by atoms with E-state index < -0.39 is 5.97 Å². The molecule has 0 spiro atoms. The van der Waals surface area contributed by atoms with Gasteiger partial charge in [0.2, 0.25) is 0 Å². The average Bonchev–Trinajstić information content (AvgIpc) is 3.29. The van der Waals surface area contributed by atoms with Crippen LogP contribution in [0.2, 0.25) is 5.02 Å². The van der Waals surface area contributed by atoms with Gasteiger partial charge in [-0.15, -0.1) is 11.3 Å². The standard InChI is InChI=1S/C22H17ClN2O4S/c1-13-2-7-17-18(10-13)22(28)25(21(17)27)9-8-19(26)29-11-16-12-30-20(24-16)14-3-5-15(23)6-4-14/h2-7,10,12H,8-9,11H2,1H3. The van der Waals surface area contributed by atoms with Crippen molar-refractivity contribution < 1.29 is 19.1 Å². The molecule has 4 rings (SSSR count). The van der Waals surface area contributed by atoms with Crippen molar-refractivity contribution in [3.63, 3.8) is 0 Å². The third kappa shape index (κ3) is 4.13. The second-order valence-electron chi connectivity index (χ2n) is 6.87. The Bertz CT molecular complexity index is 1140. The molecule has 6 nitrogen and oxygen atoms in total. The zero-order chi connectivity index (χ0) is 21.3. The normalized spacial score (nSPS) is 12.9. The van der Waals surface area contributed by atoms with E-state index in [1.165, 1.54) is 11.3 Å². The van der Waals surface area contributed by atoms with Gasteiger partial charge in [0.05, 0.1) is 23.2 Å². The molecule has 0 atom stereocenters. The Kier molecular flexibility index (Phi) is 5.65. The minimum absolute atomic E-state index is 0.0165. The Morgan fingerprint density at radius 2 is 1.83 bits per heavy atom. The number of aromatic nitrogens is 1. The fourth-order valence-corrected chi connectivity index (χ4v) is 4.07. The van der Waals surface area contributed by atoms with E-state index in [0.717, 1.165) is 21.0 Å². The van der Waals surface area contributed by atoms with Gasteiger partial charge < -0.3 is 4.74 Å². The van der Waals surface area contributed by atoms with E-state index in [0.29, 0.717) is 21.8 Å². The van der Waals surface area contributed by atoms with Crippen molar-refractivity contribution in [1.82, 2.24) is 9.88 Å². The molecule has 0 bridgehead atoms. The molecule has 8 heteroatoms. The SMILES string of the molecule is Cc1ccc2c(c1)C(=O)N(CCC(=O)OCc1csc(-c3ccc(Cl)cc3)n1)C2=O. The molecule has 0 saturated heterocycles. The van der Waals surface area contributed by atoms with Crippen LogP contribution in [0.1, 0.15) is 38.4 Å². The number of benzene rings is 2. The number of fused-ring (bicyclic) bond motifs is 1. The van der Waals surface area contributed by atoms with Gasteiger partial charge in [-0.3, -0.25) is 19.3 Å². The second kappa shape index (κ2) is 8.38. The van der Waals surface area contributed by atoms with Crippen LogP contribution in [-0.4, -0.2) is 34.2 Å². The number of hydrogen-bond acceptors (Lipinski definition) is 6. The van der Waals surface area contributed by atoms with E-state index in [9.17, 15) is 14.4 Å². The van der Waals surface area contributed by atoms with E-state index in [2.05, 4.69) is 4.98 Å². The average molecular weight is 441 g/mol. The van der Waals surface area contributed by atoms with Crippen molar-refractivity contribution in [1.29, 1.82) is 0 Å². The molecular formula is C22H17ClN2O4S. The van der Waals surface area contributed by atoms with E-state index in [4.69, 9.17) is 16.3 Å². The Morgan fingerprint density at radius 3 is 2.60 bits per heavy atom. The summed E-state index contributed by atoms with van der Waals surface area (Å²) in [7, 11) is 0. The highest BCUT2D eigenvalue weighted by Gasteiger charge is 2.35. The fraction of sp³-hybridized carbons (Fsp3) is 0.182. The number of amides is 2. The predicted molar refractivity (Wildman–Crippen MR) is 114 cm³/mol. The largest absolute Gasteiger partial charge is 0.459 e. The number of ether oxygens (including phenoxy) is 1. The first-order chi connectivity index (χ1) is 14.4. The molecule has 30 heavy (non-hydrogen) atoms. The first-order valence-corrected chi connectivity index (χ1v) is 10.5. The summed E-state index contributed by atoms with van der Waals surface area (Å²) < 4.78 is 5.26. The monoisotopic (exact) mass is 440 g/mol. The molecule has 0 aliphatic carbocycles. The minimum atomic E-state index is -0.497. The third-order valence-corrected chi connectivity index (χ3v) is 5.88. The van der Waals surface area contributed by atoms with Crippen LogP contribution in [-0.2, 0) is 16.1 Å². The Morgan fingerprint density at radius 1 is 1.10 bits per heavy atom. The Hall–Kier alpha value is -3.03. The lowest BCUT2D eigenvalue weighted by Gasteiger charge is -2.12. The summed E-state index contributed by atoms with van der Waals surface area (Å²) in [5.41, 5.74) is 3.22. The molecule has 2 aromatic carbocycles. The zero-order valence-corrected chi connectivity index (χ0v) is 17.6. The van der Waals surface area contributed by atoms with E-state index in [-0.39, 0.29) is 31.4 Å². The Balaban J connectivity index is 1.30.